The molecule has 26 heavy (non-hydrogen) atoms. The van der Waals surface area contributed by atoms with Crippen molar-refractivity contribution >= 4 is 11.6 Å². The third-order valence-electron chi connectivity index (χ3n) is 4.77. The Labute approximate surface area is 153 Å². The van der Waals surface area contributed by atoms with E-state index in [0.717, 1.165) is 22.6 Å². The lowest BCUT2D eigenvalue weighted by Crippen LogP contribution is -2.46. The van der Waals surface area contributed by atoms with E-state index in [-0.39, 0.29) is 11.9 Å². The van der Waals surface area contributed by atoms with Crippen LogP contribution in [0.15, 0.2) is 78.9 Å². The quantitative estimate of drug-likeness (QED) is 0.607. The summed E-state index contributed by atoms with van der Waals surface area (Å²) < 4.78 is 5.84. The maximum Gasteiger partial charge on any atom is 0.230 e. The fourth-order valence-electron chi connectivity index (χ4n) is 3.24. The lowest BCUT2D eigenvalue weighted by atomic mass is 9.93. The lowest BCUT2D eigenvalue weighted by Gasteiger charge is -2.40. The number of rotatable bonds is 5. The molecule has 1 amide bonds. The number of aryl methyl sites for hydroxylation is 1. The molecule has 130 valence electrons. The molecule has 1 unspecified atom stereocenters. The summed E-state index contributed by atoms with van der Waals surface area (Å²) in [5.74, 6) is 1.01. The summed E-state index contributed by atoms with van der Waals surface area (Å²) in [5, 5.41) is 0. The molecule has 0 aliphatic carbocycles. The van der Waals surface area contributed by atoms with Crippen LogP contribution in [0, 0.1) is 6.92 Å². The molecule has 0 saturated carbocycles. The predicted molar refractivity (Wildman–Crippen MR) is 103 cm³/mol. The molecule has 3 aromatic rings. The van der Waals surface area contributed by atoms with Gasteiger partial charge in [-0.25, -0.2) is 0 Å². The third kappa shape index (κ3) is 3.33. The number of β-lactam (4-membered cyclic amide) rings is 1. The van der Waals surface area contributed by atoms with Gasteiger partial charge < -0.3 is 9.64 Å². The summed E-state index contributed by atoms with van der Waals surface area (Å²) in [6, 6.07) is 26.4. The van der Waals surface area contributed by atoms with E-state index in [1.54, 1.807) is 0 Å². The maximum atomic E-state index is 12.1. The number of hydrogen-bond donors (Lipinski definition) is 0. The van der Waals surface area contributed by atoms with Crippen LogP contribution in [-0.2, 0) is 11.4 Å². The second kappa shape index (κ2) is 7.04. The van der Waals surface area contributed by atoms with Crippen molar-refractivity contribution in [1.82, 2.24) is 0 Å². The van der Waals surface area contributed by atoms with Crippen molar-refractivity contribution in [1.29, 1.82) is 0 Å². The van der Waals surface area contributed by atoms with Crippen LogP contribution < -0.4 is 9.64 Å². The molecule has 1 aliphatic rings. The highest BCUT2D eigenvalue weighted by molar-refractivity contribution is 6.01. The molecule has 0 bridgehead atoms. The van der Waals surface area contributed by atoms with Crippen molar-refractivity contribution < 1.29 is 9.53 Å². The van der Waals surface area contributed by atoms with E-state index in [2.05, 4.69) is 12.1 Å². The van der Waals surface area contributed by atoms with Crippen LogP contribution in [0.1, 0.15) is 29.2 Å². The zero-order valence-corrected chi connectivity index (χ0v) is 14.8. The van der Waals surface area contributed by atoms with E-state index in [1.165, 1.54) is 5.56 Å². The van der Waals surface area contributed by atoms with Gasteiger partial charge in [-0.1, -0.05) is 60.2 Å². The minimum absolute atomic E-state index is 0.105. The van der Waals surface area contributed by atoms with Crippen LogP contribution in [-0.4, -0.2) is 5.91 Å². The third-order valence-corrected chi connectivity index (χ3v) is 4.77. The van der Waals surface area contributed by atoms with Crippen LogP contribution >= 0.6 is 0 Å². The number of nitrogens with zero attached hydrogens (tertiary/aromatic N) is 1. The van der Waals surface area contributed by atoms with E-state index in [9.17, 15) is 4.79 Å². The highest BCUT2D eigenvalue weighted by atomic mass is 16.5. The molecule has 0 spiro atoms. The summed E-state index contributed by atoms with van der Waals surface area (Å²) in [4.78, 5) is 14.0. The van der Waals surface area contributed by atoms with Gasteiger partial charge in [0.15, 0.2) is 0 Å². The molecule has 0 N–H and O–H groups in total. The number of carbonyl (C=O) groups is 1. The van der Waals surface area contributed by atoms with Gasteiger partial charge in [0.1, 0.15) is 12.4 Å². The fraction of sp³-hybridized carbons (Fsp3) is 0.174. The van der Waals surface area contributed by atoms with E-state index < -0.39 is 0 Å². The number of benzene rings is 3. The molecule has 3 heteroatoms. The van der Waals surface area contributed by atoms with Crippen LogP contribution in [0.4, 0.5) is 5.69 Å². The molecule has 4 rings (SSSR count). The van der Waals surface area contributed by atoms with Crippen molar-refractivity contribution in [3.05, 3.63) is 95.6 Å². The standard InChI is InChI=1S/C23H21NO2/c1-17-7-11-20(12-8-17)24-22(15-23(24)25)19-9-13-21(14-10-19)26-16-18-5-3-2-4-6-18/h2-14,22H,15-16H2,1H3. The molecule has 1 atom stereocenters. The van der Waals surface area contributed by atoms with Gasteiger partial charge in [0, 0.05) is 5.69 Å². The molecular weight excluding hydrogens is 322 g/mol. The number of amides is 1. The zero-order chi connectivity index (χ0) is 17.9. The van der Waals surface area contributed by atoms with Gasteiger partial charge >= 0.3 is 0 Å². The second-order valence-electron chi connectivity index (χ2n) is 6.66. The molecule has 0 radical (unpaired) electrons. The van der Waals surface area contributed by atoms with E-state index in [1.807, 2.05) is 78.6 Å². The van der Waals surface area contributed by atoms with Gasteiger partial charge in [-0.15, -0.1) is 0 Å². The first-order valence-electron chi connectivity index (χ1n) is 8.86. The van der Waals surface area contributed by atoms with Crippen LogP contribution in [0.25, 0.3) is 0 Å². The monoisotopic (exact) mass is 343 g/mol. The van der Waals surface area contributed by atoms with Crippen molar-refractivity contribution in [2.45, 2.75) is 26.0 Å². The number of anilines is 1. The number of carbonyl (C=O) groups excluding carboxylic acids is 1. The Morgan fingerprint density at radius 1 is 0.923 bits per heavy atom. The highest BCUT2D eigenvalue weighted by Gasteiger charge is 2.38. The normalized spacial score (nSPS) is 16.3. The average molecular weight is 343 g/mol. The molecule has 3 aromatic carbocycles. The van der Waals surface area contributed by atoms with Gasteiger partial charge in [-0.05, 0) is 42.3 Å². The summed E-state index contributed by atoms with van der Waals surface area (Å²) >= 11 is 0. The van der Waals surface area contributed by atoms with Gasteiger partial charge in [0.2, 0.25) is 5.91 Å². The highest BCUT2D eigenvalue weighted by Crippen LogP contribution is 2.39. The topological polar surface area (TPSA) is 29.5 Å². The van der Waals surface area contributed by atoms with Gasteiger partial charge in [0.25, 0.3) is 0 Å². The van der Waals surface area contributed by atoms with Crippen LogP contribution in [0.3, 0.4) is 0 Å². The Hall–Kier alpha value is -3.07. The Morgan fingerprint density at radius 3 is 2.27 bits per heavy atom. The predicted octanol–water partition coefficient (Wildman–Crippen LogP) is 5.05. The van der Waals surface area contributed by atoms with Crippen molar-refractivity contribution in [3.8, 4) is 5.75 Å². The summed E-state index contributed by atoms with van der Waals surface area (Å²) in [6.45, 7) is 2.60. The largest absolute Gasteiger partial charge is 0.489 e. The van der Waals surface area contributed by atoms with E-state index in [0.29, 0.717) is 13.0 Å². The summed E-state index contributed by atoms with van der Waals surface area (Å²) in [5.41, 5.74) is 4.43. The Kier molecular flexibility index (Phi) is 4.44. The molecular formula is C23H21NO2. The Balaban J connectivity index is 1.44. The lowest BCUT2D eigenvalue weighted by molar-refractivity contribution is -0.124. The van der Waals surface area contributed by atoms with Crippen molar-refractivity contribution in [2.75, 3.05) is 4.90 Å². The minimum atomic E-state index is 0.105. The molecule has 1 saturated heterocycles. The number of ether oxygens (including phenoxy) is 1. The Bertz CT molecular complexity index is 886. The van der Waals surface area contributed by atoms with Crippen molar-refractivity contribution in [3.63, 3.8) is 0 Å². The summed E-state index contributed by atoms with van der Waals surface area (Å²) in [6.07, 6.45) is 0.554. The van der Waals surface area contributed by atoms with Crippen molar-refractivity contribution in [2.24, 2.45) is 0 Å². The first-order valence-corrected chi connectivity index (χ1v) is 8.86. The number of hydrogen-bond acceptors (Lipinski definition) is 2. The SMILES string of the molecule is Cc1ccc(N2C(=O)CC2c2ccc(OCc3ccccc3)cc2)cc1. The zero-order valence-electron chi connectivity index (χ0n) is 14.8. The maximum absolute atomic E-state index is 12.1. The molecule has 1 fully saturated rings. The summed E-state index contributed by atoms with van der Waals surface area (Å²) in [7, 11) is 0. The molecule has 1 heterocycles. The smallest absolute Gasteiger partial charge is 0.230 e. The van der Waals surface area contributed by atoms with E-state index >= 15 is 0 Å². The van der Waals surface area contributed by atoms with Crippen LogP contribution in [0.2, 0.25) is 0 Å². The van der Waals surface area contributed by atoms with Gasteiger partial charge in [-0.2, -0.15) is 0 Å². The fourth-order valence-corrected chi connectivity index (χ4v) is 3.24. The molecule has 0 aromatic heterocycles. The molecule has 3 nitrogen and oxygen atoms in total. The second-order valence-corrected chi connectivity index (χ2v) is 6.66. The van der Waals surface area contributed by atoms with Gasteiger partial charge in [-0.3, -0.25) is 4.79 Å². The molecule has 1 aliphatic heterocycles. The first kappa shape index (κ1) is 16.4. The Morgan fingerprint density at radius 2 is 1.62 bits per heavy atom. The van der Waals surface area contributed by atoms with E-state index in [4.69, 9.17) is 4.74 Å². The first-order chi connectivity index (χ1) is 12.7. The minimum Gasteiger partial charge on any atom is -0.489 e. The van der Waals surface area contributed by atoms with Crippen LogP contribution in [0.5, 0.6) is 5.75 Å². The average Bonchev–Trinajstić information content (AvgIpc) is 2.67. The van der Waals surface area contributed by atoms with Gasteiger partial charge in [0.05, 0.1) is 12.5 Å².